The highest BCUT2D eigenvalue weighted by Crippen LogP contribution is 2.29. The average molecular weight is 443 g/mol. The van der Waals surface area contributed by atoms with Crippen molar-refractivity contribution in [1.29, 1.82) is 0 Å². The fourth-order valence-corrected chi connectivity index (χ4v) is 3.81. The average Bonchev–Trinajstić information content (AvgIpc) is 3.42. The van der Waals surface area contributed by atoms with Gasteiger partial charge in [-0.1, -0.05) is 53.6 Å². The van der Waals surface area contributed by atoms with E-state index in [0.717, 1.165) is 22.0 Å². The van der Waals surface area contributed by atoms with Crippen LogP contribution in [0.25, 0.3) is 17.0 Å². The summed E-state index contributed by atoms with van der Waals surface area (Å²) in [7, 11) is 0. The van der Waals surface area contributed by atoms with E-state index >= 15 is 0 Å². The van der Waals surface area contributed by atoms with Gasteiger partial charge in [0.1, 0.15) is 16.6 Å². The van der Waals surface area contributed by atoms with E-state index in [2.05, 4.69) is 15.4 Å². The van der Waals surface area contributed by atoms with E-state index < -0.39 is 6.17 Å². The molecule has 0 radical (unpaired) electrons. The third-order valence-corrected chi connectivity index (χ3v) is 5.50. The summed E-state index contributed by atoms with van der Waals surface area (Å²) in [5, 5.41) is 10.4. The summed E-state index contributed by atoms with van der Waals surface area (Å²) in [5.74, 6) is 0.308. The second-order valence-electron chi connectivity index (χ2n) is 7.49. The van der Waals surface area contributed by atoms with Crippen LogP contribution < -0.4 is 5.32 Å². The Bertz CT molecular complexity index is 1350. The standard InChI is InChI=1S/C25H19ClN4O2/c1-16-9-10-21-18(12-16)13-19(23(26)28-21)15-27-30-24(17-6-3-2-4-7-17)29-22(25(30)31)14-20-8-5-11-32-20/h2-15,24,29H,1H3/b22-14-,27-15+. The first-order valence-corrected chi connectivity index (χ1v) is 10.5. The number of hydrogen-bond acceptors (Lipinski definition) is 5. The van der Waals surface area contributed by atoms with Gasteiger partial charge in [0.2, 0.25) is 0 Å². The van der Waals surface area contributed by atoms with Gasteiger partial charge in [0.05, 0.1) is 18.0 Å². The number of halogens is 1. The minimum Gasteiger partial charge on any atom is -0.465 e. The van der Waals surface area contributed by atoms with Crippen LogP contribution in [-0.4, -0.2) is 22.1 Å². The van der Waals surface area contributed by atoms with Crippen LogP contribution in [0.4, 0.5) is 0 Å². The van der Waals surface area contributed by atoms with E-state index in [1.165, 1.54) is 5.01 Å². The number of carbonyl (C=O) groups excluding carboxylic acids is 1. The fraction of sp³-hybridized carbons (Fsp3) is 0.0800. The summed E-state index contributed by atoms with van der Waals surface area (Å²) in [6.45, 7) is 2.02. The molecule has 6 nitrogen and oxygen atoms in total. The Balaban J connectivity index is 1.52. The molecule has 1 fully saturated rings. The second-order valence-corrected chi connectivity index (χ2v) is 7.85. The Morgan fingerprint density at radius 1 is 1.12 bits per heavy atom. The molecule has 2 aromatic carbocycles. The van der Waals surface area contributed by atoms with Gasteiger partial charge in [-0.05, 0) is 42.8 Å². The molecular weight excluding hydrogens is 424 g/mol. The number of amides is 1. The van der Waals surface area contributed by atoms with Crippen molar-refractivity contribution in [2.75, 3.05) is 0 Å². The second kappa shape index (κ2) is 8.32. The Labute approximate surface area is 189 Å². The quantitative estimate of drug-likeness (QED) is 0.264. The molecule has 158 valence electrons. The maximum absolute atomic E-state index is 13.2. The normalized spacial score (nSPS) is 17.6. The maximum Gasteiger partial charge on any atom is 0.292 e. The number of fused-ring (bicyclic) bond motifs is 1. The number of nitrogens with one attached hydrogen (secondary N) is 1. The van der Waals surface area contributed by atoms with Crippen LogP contribution in [-0.2, 0) is 4.79 Å². The lowest BCUT2D eigenvalue weighted by atomic mass is 10.1. The van der Waals surface area contributed by atoms with E-state index in [1.54, 1.807) is 30.7 Å². The van der Waals surface area contributed by atoms with Crippen LogP contribution in [0.5, 0.6) is 0 Å². The van der Waals surface area contributed by atoms with Crippen molar-refractivity contribution < 1.29 is 9.21 Å². The molecule has 1 N–H and O–H groups in total. The zero-order valence-electron chi connectivity index (χ0n) is 17.2. The van der Waals surface area contributed by atoms with Crippen molar-refractivity contribution in [3.63, 3.8) is 0 Å². The van der Waals surface area contributed by atoms with Crippen molar-refractivity contribution in [3.05, 3.63) is 106 Å². The molecule has 0 bridgehead atoms. The molecule has 1 atom stereocenters. The zero-order chi connectivity index (χ0) is 22.1. The van der Waals surface area contributed by atoms with Gasteiger partial charge in [0.25, 0.3) is 5.91 Å². The number of hydrogen-bond donors (Lipinski definition) is 1. The molecule has 7 heteroatoms. The van der Waals surface area contributed by atoms with E-state index in [0.29, 0.717) is 22.2 Å². The summed E-state index contributed by atoms with van der Waals surface area (Å²) in [5.41, 5.74) is 3.86. The third-order valence-electron chi connectivity index (χ3n) is 5.19. The number of nitrogens with zero attached hydrogens (tertiary/aromatic N) is 3. The van der Waals surface area contributed by atoms with Gasteiger partial charge >= 0.3 is 0 Å². The van der Waals surface area contributed by atoms with Crippen LogP contribution in [0.15, 0.2) is 88.2 Å². The third kappa shape index (κ3) is 3.88. The highest BCUT2D eigenvalue weighted by Gasteiger charge is 2.36. The predicted molar refractivity (Wildman–Crippen MR) is 125 cm³/mol. The first-order chi connectivity index (χ1) is 15.6. The number of hydrazone groups is 1. The number of aryl methyl sites for hydroxylation is 1. The van der Waals surface area contributed by atoms with E-state index in [1.807, 2.05) is 61.5 Å². The molecule has 3 heterocycles. The van der Waals surface area contributed by atoms with Crippen molar-refractivity contribution in [2.45, 2.75) is 13.1 Å². The monoisotopic (exact) mass is 442 g/mol. The zero-order valence-corrected chi connectivity index (χ0v) is 18.0. The first-order valence-electron chi connectivity index (χ1n) is 10.1. The van der Waals surface area contributed by atoms with Crippen LogP contribution in [0, 0.1) is 6.92 Å². The largest absolute Gasteiger partial charge is 0.465 e. The van der Waals surface area contributed by atoms with Crippen molar-refractivity contribution in [3.8, 4) is 0 Å². The predicted octanol–water partition coefficient (Wildman–Crippen LogP) is 5.30. The van der Waals surface area contributed by atoms with Gasteiger partial charge in [0, 0.05) is 17.0 Å². The van der Waals surface area contributed by atoms with E-state index in [4.69, 9.17) is 16.0 Å². The maximum atomic E-state index is 13.2. The molecular formula is C25H19ClN4O2. The van der Waals surface area contributed by atoms with Gasteiger partial charge in [-0.25, -0.2) is 9.99 Å². The summed E-state index contributed by atoms with van der Waals surface area (Å²) in [6, 6.07) is 21.1. The van der Waals surface area contributed by atoms with Crippen LogP contribution >= 0.6 is 11.6 Å². The lowest BCUT2D eigenvalue weighted by molar-refractivity contribution is -0.126. The molecule has 0 saturated carbocycles. The summed E-state index contributed by atoms with van der Waals surface area (Å²) in [4.78, 5) is 17.6. The van der Waals surface area contributed by atoms with Crippen molar-refractivity contribution >= 4 is 40.7 Å². The Morgan fingerprint density at radius 3 is 2.75 bits per heavy atom. The molecule has 32 heavy (non-hydrogen) atoms. The van der Waals surface area contributed by atoms with Gasteiger partial charge in [-0.15, -0.1) is 0 Å². The Kier molecular flexibility index (Phi) is 5.21. The molecule has 0 aliphatic carbocycles. The molecule has 1 aliphatic heterocycles. The molecule has 1 aliphatic rings. The number of aromatic nitrogens is 1. The smallest absolute Gasteiger partial charge is 0.292 e. The first kappa shape index (κ1) is 20.0. The number of carbonyl (C=O) groups is 1. The highest BCUT2D eigenvalue weighted by atomic mass is 35.5. The number of pyridine rings is 1. The highest BCUT2D eigenvalue weighted by molar-refractivity contribution is 6.32. The lowest BCUT2D eigenvalue weighted by Gasteiger charge is -2.19. The number of rotatable bonds is 4. The van der Waals surface area contributed by atoms with E-state index in [-0.39, 0.29) is 5.91 Å². The fourth-order valence-electron chi connectivity index (χ4n) is 3.61. The molecule has 5 rings (SSSR count). The summed E-state index contributed by atoms with van der Waals surface area (Å²) in [6.07, 6.45) is 4.34. The molecule has 1 unspecified atom stereocenters. The van der Waals surface area contributed by atoms with Crippen molar-refractivity contribution in [1.82, 2.24) is 15.3 Å². The number of furan rings is 1. The Hall–Kier alpha value is -3.90. The van der Waals surface area contributed by atoms with Gasteiger partial charge in [-0.3, -0.25) is 4.79 Å². The van der Waals surface area contributed by atoms with Gasteiger partial charge < -0.3 is 9.73 Å². The summed E-state index contributed by atoms with van der Waals surface area (Å²) < 4.78 is 5.36. The van der Waals surface area contributed by atoms with Crippen LogP contribution in [0.1, 0.15) is 28.6 Å². The van der Waals surface area contributed by atoms with Gasteiger partial charge in [0.15, 0.2) is 6.17 Å². The van der Waals surface area contributed by atoms with Gasteiger partial charge in [-0.2, -0.15) is 5.10 Å². The minimum atomic E-state index is -0.462. The lowest BCUT2D eigenvalue weighted by Crippen LogP contribution is -2.25. The van der Waals surface area contributed by atoms with Crippen LogP contribution in [0.2, 0.25) is 5.15 Å². The van der Waals surface area contributed by atoms with Crippen LogP contribution in [0.3, 0.4) is 0 Å². The van der Waals surface area contributed by atoms with Crippen molar-refractivity contribution in [2.24, 2.45) is 5.10 Å². The Morgan fingerprint density at radius 2 is 1.97 bits per heavy atom. The molecule has 1 amide bonds. The molecule has 2 aromatic heterocycles. The van der Waals surface area contributed by atoms with E-state index in [9.17, 15) is 4.79 Å². The molecule has 4 aromatic rings. The SMILES string of the molecule is Cc1ccc2nc(Cl)c(/C=N/N3C(=O)/C(=C/c4ccco4)NC3c3ccccc3)cc2c1. The number of benzene rings is 2. The topological polar surface area (TPSA) is 70.7 Å². The molecule has 0 spiro atoms. The summed E-state index contributed by atoms with van der Waals surface area (Å²) >= 11 is 6.40. The minimum absolute atomic E-state index is 0.271. The molecule has 1 saturated heterocycles.